The molecule has 82 valence electrons. The fourth-order valence-corrected chi connectivity index (χ4v) is 1.47. The molecule has 5 nitrogen and oxygen atoms in total. The van der Waals surface area contributed by atoms with Crippen molar-refractivity contribution in [1.82, 2.24) is 4.98 Å². The summed E-state index contributed by atoms with van der Waals surface area (Å²) in [5.74, 6) is -0.474. The lowest BCUT2D eigenvalue weighted by Crippen LogP contribution is -2.06. The maximum Gasteiger partial charge on any atom is 0.341 e. The van der Waals surface area contributed by atoms with Crippen molar-refractivity contribution in [2.24, 2.45) is 0 Å². The molecule has 0 aliphatic rings. The van der Waals surface area contributed by atoms with Gasteiger partial charge in [0.25, 0.3) is 0 Å². The molecule has 0 aliphatic heterocycles. The number of pyridine rings is 1. The average molecular weight is 218 g/mol. The Morgan fingerprint density at radius 1 is 1.50 bits per heavy atom. The Morgan fingerprint density at radius 3 is 2.94 bits per heavy atom. The van der Waals surface area contributed by atoms with Crippen LogP contribution in [0.4, 0.5) is 5.69 Å². The van der Waals surface area contributed by atoms with Gasteiger partial charge in [0, 0.05) is 11.6 Å². The maximum absolute atomic E-state index is 11.4. The van der Waals surface area contributed by atoms with Crippen LogP contribution in [-0.2, 0) is 4.74 Å². The fourth-order valence-electron chi connectivity index (χ4n) is 1.47. The number of hydrogen-bond acceptors (Lipinski definition) is 5. The first-order valence-corrected chi connectivity index (χ1v) is 4.59. The van der Waals surface area contributed by atoms with Gasteiger partial charge in [-0.1, -0.05) is 0 Å². The quantitative estimate of drug-likeness (QED) is 0.705. The van der Waals surface area contributed by atoms with Crippen LogP contribution in [0.5, 0.6) is 5.75 Å². The van der Waals surface area contributed by atoms with E-state index in [1.165, 1.54) is 25.4 Å². The van der Waals surface area contributed by atoms with Crippen LogP contribution in [0.3, 0.4) is 0 Å². The molecule has 1 aromatic carbocycles. The molecular weight excluding hydrogens is 208 g/mol. The van der Waals surface area contributed by atoms with Crippen LogP contribution >= 0.6 is 0 Å². The number of aromatic nitrogens is 1. The van der Waals surface area contributed by atoms with E-state index in [2.05, 4.69) is 9.72 Å². The molecule has 5 heteroatoms. The molecule has 0 fully saturated rings. The zero-order valence-corrected chi connectivity index (χ0v) is 8.60. The van der Waals surface area contributed by atoms with Gasteiger partial charge in [0.1, 0.15) is 11.3 Å². The highest BCUT2D eigenvalue weighted by molar-refractivity contribution is 6.04. The summed E-state index contributed by atoms with van der Waals surface area (Å²) >= 11 is 0. The monoisotopic (exact) mass is 218 g/mol. The number of rotatable bonds is 1. The molecule has 1 aromatic heterocycles. The van der Waals surface area contributed by atoms with E-state index < -0.39 is 5.97 Å². The zero-order chi connectivity index (χ0) is 11.7. The van der Waals surface area contributed by atoms with Gasteiger partial charge < -0.3 is 15.6 Å². The van der Waals surface area contributed by atoms with E-state index in [9.17, 15) is 9.90 Å². The Bertz CT molecular complexity index is 566. The molecule has 0 atom stereocenters. The number of carbonyl (C=O) groups is 1. The largest absolute Gasteiger partial charge is 0.508 e. The minimum atomic E-state index is -0.546. The van der Waals surface area contributed by atoms with E-state index in [-0.39, 0.29) is 17.0 Å². The Hall–Kier alpha value is -2.30. The molecule has 1 heterocycles. The summed E-state index contributed by atoms with van der Waals surface area (Å²) in [4.78, 5) is 15.4. The first kappa shape index (κ1) is 10.2. The predicted molar refractivity (Wildman–Crippen MR) is 59.2 cm³/mol. The first-order chi connectivity index (χ1) is 7.63. The third-order valence-electron chi connectivity index (χ3n) is 2.30. The topological polar surface area (TPSA) is 85.4 Å². The van der Waals surface area contributed by atoms with E-state index >= 15 is 0 Å². The van der Waals surface area contributed by atoms with Crippen molar-refractivity contribution < 1.29 is 14.6 Å². The molecule has 2 rings (SSSR count). The van der Waals surface area contributed by atoms with Gasteiger partial charge >= 0.3 is 5.97 Å². The SMILES string of the molecule is COC(=O)c1cnc2ccc(O)cc2c1N. The molecule has 0 radical (unpaired) electrons. The molecule has 16 heavy (non-hydrogen) atoms. The van der Waals surface area contributed by atoms with Gasteiger partial charge in [-0.15, -0.1) is 0 Å². The van der Waals surface area contributed by atoms with Gasteiger partial charge in [0.05, 0.1) is 18.3 Å². The number of aromatic hydroxyl groups is 1. The second kappa shape index (κ2) is 3.69. The lowest BCUT2D eigenvalue weighted by Gasteiger charge is -2.06. The van der Waals surface area contributed by atoms with Gasteiger partial charge in [0.15, 0.2) is 0 Å². The Balaban J connectivity index is 2.72. The van der Waals surface area contributed by atoms with Crippen LogP contribution in [0.15, 0.2) is 24.4 Å². The molecule has 0 aliphatic carbocycles. The Labute approximate surface area is 91.5 Å². The molecule has 3 N–H and O–H groups in total. The number of nitrogen functional groups attached to an aromatic ring is 1. The van der Waals surface area contributed by atoms with Crippen molar-refractivity contribution in [3.05, 3.63) is 30.0 Å². The molecule has 0 bridgehead atoms. The second-order valence-corrected chi connectivity index (χ2v) is 3.28. The number of hydrogen-bond donors (Lipinski definition) is 2. The Morgan fingerprint density at radius 2 is 2.25 bits per heavy atom. The Kier molecular flexibility index (Phi) is 2.36. The van der Waals surface area contributed by atoms with Crippen molar-refractivity contribution in [1.29, 1.82) is 0 Å². The third kappa shape index (κ3) is 1.52. The minimum absolute atomic E-state index is 0.0722. The number of ether oxygens (including phenoxy) is 1. The van der Waals surface area contributed by atoms with Gasteiger partial charge in [-0.05, 0) is 18.2 Å². The van der Waals surface area contributed by atoms with Crippen molar-refractivity contribution in [3.63, 3.8) is 0 Å². The number of benzene rings is 1. The van der Waals surface area contributed by atoms with Crippen molar-refractivity contribution in [2.45, 2.75) is 0 Å². The van der Waals surface area contributed by atoms with Crippen LogP contribution in [0.1, 0.15) is 10.4 Å². The summed E-state index contributed by atoms with van der Waals surface area (Å²) in [6.45, 7) is 0. The normalized spacial score (nSPS) is 10.3. The molecule has 0 saturated carbocycles. The lowest BCUT2D eigenvalue weighted by molar-refractivity contribution is 0.0601. The third-order valence-corrected chi connectivity index (χ3v) is 2.30. The molecule has 0 spiro atoms. The van der Waals surface area contributed by atoms with Crippen LogP contribution < -0.4 is 5.73 Å². The van der Waals surface area contributed by atoms with E-state index in [4.69, 9.17) is 5.73 Å². The fraction of sp³-hybridized carbons (Fsp3) is 0.0909. The summed E-state index contributed by atoms with van der Waals surface area (Å²) in [7, 11) is 1.27. The number of carbonyl (C=O) groups excluding carboxylic acids is 1. The highest BCUT2D eigenvalue weighted by Crippen LogP contribution is 2.26. The van der Waals surface area contributed by atoms with Crippen molar-refractivity contribution >= 4 is 22.6 Å². The summed E-state index contributed by atoms with van der Waals surface area (Å²) < 4.78 is 4.57. The number of phenols is 1. The van der Waals surface area contributed by atoms with Crippen LogP contribution in [0.2, 0.25) is 0 Å². The number of phenolic OH excluding ortho intramolecular Hbond substituents is 1. The number of nitrogens with two attached hydrogens (primary N) is 1. The smallest absolute Gasteiger partial charge is 0.341 e. The van der Waals surface area contributed by atoms with Crippen molar-refractivity contribution in [3.8, 4) is 5.75 Å². The highest BCUT2D eigenvalue weighted by Gasteiger charge is 2.13. The zero-order valence-electron chi connectivity index (χ0n) is 8.60. The minimum Gasteiger partial charge on any atom is -0.508 e. The van der Waals surface area contributed by atoms with Gasteiger partial charge in [-0.25, -0.2) is 4.79 Å². The number of fused-ring (bicyclic) bond motifs is 1. The van der Waals surface area contributed by atoms with Crippen molar-refractivity contribution in [2.75, 3.05) is 12.8 Å². The van der Waals surface area contributed by atoms with Crippen LogP contribution in [-0.4, -0.2) is 23.2 Å². The number of anilines is 1. The van der Waals surface area contributed by atoms with E-state index in [1.807, 2.05) is 0 Å². The summed E-state index contributed by atoms with van der Waals surface area (Å²) in [6.07, 6.45) is 1.36. The molecule has 0 unspecified atom stereocenters. The van der Waals surface area contributed by atoms with Crippen LogP contribution in [0.25, 0.3) is 10.9 Å². The van der Waals surface area contributed by atoms with E-state index in [0.717, 1.165) is 0 Å². The van der Waals surface area contributed by atoms with Gasteiger partial charge in [0.2, 0.25) is 0 Å². The summed E-state index contributed by atoms with van der Waals surface area (Å²) in [5, 5.41) is 9.87. The molecule has 2 aromatic rings. The molecule has 0 saturated heterocycles. The maximum atomic E-state index is 11.4. The number of nitrogens with zero attached hydrogens (tertiary/aromatic N) is 1. The van der Waals surface area contributed by atoms with E-state index in [1.54, 1.807) is 6.07 Å². The molecular formula is C11H10N2O3. The lowest BCUT2D eigenvalue weighted by atomic mass is 10.1. The summed E-state index contributed by atoms with van der Waals surface area (Å²) in [5.41, 5.74) is 6.88. The standard InChI is InChI=1S/C11H10N2O3/c1-16-11(15)8-5-13-9-3-2-6(14)4-7(9)10(8)12/h2-5,14H,1H3,(H2,12,13). The number of methoxy groups -OCH3 is 1. The highest BCUT2D eigenvalue weighted by atomic mass is 16.5. The first-order valence-electron chi connectivity index (χ1n) is 4.59. The summed E-state index contributed by atoms with van der Waals surface area (Å²) in [6, 6.07) is 4.60. The van der Waals surface area contributed by atoms with E-state index in [0.29, 0.717) is 10.9 Å². The second-order valence-electron chi connectivity index (χ2n) is 3.28. The van der Waals surface area contributed by atoms with Crippen LogP contribution in [0, 0.1) is 0 Å². The predicted octanol–water partition coefficient (Wildman–Crippen LogP) is 1.31. The number of esters is 1. The van der Waals surface area contributed by atoms with Gasteiger partial charge in [-0.3, -0.25) is 4.98 Å². The van der Waals surface area contributed by atoms with Gasteiger partial charge in [-0.2, -0.15) is 0 Å². The average Bonchev–Trinajstić information content (AvgIpc) is 2.29. The molecule has 0 amide bonds.